The summed E-state index contributed by atoms with van der Waals surface area (Å²) >= 11 is 0. The lowest BCUT2D eigenvalue weighted by Crippen LogP contribution is -2.07. The third kappa shape index (κ3) is 8.76. The molecule has 0 aromatic heterocycles. The molecule has 0 aliphatic carbocycles. The van der Waals surface area contributed by atoms with Gasteiger partial charge in [0.1, 0.15) is 13.2 Å². The van der Waals surface area contributed by atoms with Gasteiger partial charge < -0.3 is 19.7 Å². The lowest BCUT2D eigenvalue weighted by atomic mass is 10.5. The van der Waals surface area contributed by atoms with Crippen LogP contribution in [-0.2, 0) is 9.47 Å². The fourth-order valence-electron chi connectivity index (χ4n) is 0.559. The minimum absolute atomic E-state index is 0.0725. The Morgan fingerprint density at radius 1 is 0.929 bits per heavy atom. The number of aliphatic hydroxyl groups is 2. The van der Waals surface area contributed by atoms with Gasteiger partial charge in [-0.1, -0.05) is 12.2 Å². The standard InChI is InChI=1S/C9H14O5/c10-5-1-3-7-13-9(12)14-8-4-2-6-11/h1-4,10-11H,5-8H2/b3-1-,4-2-. The molecule has 0 atom stereocenters. The second-order valence-electron chi connectivity index (χ2n) is 2.18. The number of rotatable bonds is 6. The molecule has 0 aliphatic heterocycles. The van der Waals surface area contributed by atoms with Gasteiger partial charge in [-0.3, -0.25) is 0 Å². The molecule has 0 fully saturated rings. The molecule has 0 bridgehead atoms. The summed E-state index contributed by atoms with van der Waals surface area (Å²) in [6.45, 7) is -0.0263. The molecule has 14 heavy (non-hydrogen) atoms. The number of hydrogen-bond donors (Lipinski definition) is 2. The summed E-state index contributed by atoms with van der Waals surface area (Å²) in [7, 11) is 0. The normalized spacial score (nSPS) is 11.0. The SMILES string of the molecule is O=C(OC/C=C\CO)OC/C=C\CO. The van der Waals surface area contributed by atoms with Gasteiger partial charge in [-0.2, -0.15) is 0 Å². The summed E-state index contributed by atoms with van der Waals surface area (Å²) < 4.78 is 9.14. The molecule has 5 nitrogen and oxygen atoms in total. The van der Waals surface area contributed by atoms with E-state index in [2.05, 4.69) is 9.47 Å². The summed E-state index contributed by atoms with van der Waals surface area (Å²) in [6.07, 6.45) is 5.14. The van der Waals surface area contributed by atoms with E-state index in [1.54, 1.807) is 0 Å². The van der Waals surface area contributed by atoms with Crippen molar-refractivity contribution in [1.29, 1.82) is 0 Å². The molecule has 0 aliphatic rings. The topological polar surface area (TPSA) is 76.0 Å². The maximum atomic E-state index is 10.7. The number of carbonyl (C=O) groups excluding carboxylic acids is 1. The van der Waals surface area contributed by atoms with Gasteiger partial charge in [0.05, 0.1) is 13.2 Å². The van der Waals surface area contributed by atoms with Crippen LogP contribution in [0.4, 0.5) is 4.79 Å². The molecular formula is C9H14O5. The Morgan fingerprint density at radius 3 is 1.71 bits per heavy atom. The third-order valence-corrected chi connectivity index (χ3v) is 1.14. The second kappa shape index (κ2) is 9.76. The van der Waals surface area contributed by atoms with Crippen molar-refractivity contribution < 1.29 is 24.5 Å². The van der Waals surface area contributed by atoms with Gasteiger partial charge in [0.2, 0.25) is 0 Å². The first-order valence-corrected chi connectivity index (χ1v) is 4.12. The van der Waals surface area contributed by atoms with Gasteiger partial charge in [-0.15, -0.1) is 0 Å². The van der Waals surface area contributed by atoms with Crippen molar-refractivity contribution in [3.63, 3.8) is 0 Å². The average Bonchev–Trinajstić information content (AvgIpc) is 2.19. The van der Waals surface area contributed by atoms with Crippen LogP contribution in [0.3, 0.4) is 0 Å². The van der Waals surface area contributed by atoms with E-state index < -0.39 is 6.16 Å². The number of hydrogen-bond acceptors (Lipinski definition) is 5. The predicted octanol–water partition coefficient (Wildman–Crippen LogP) is 0.237. The first-order valence-electron chi connectivity index (χ1n) is 4.12. The molecule has 0 aromatic rings. The molecule has 80 valence electrons. The van der Waals surface area contributed by atoms with Crippen LogP contribution in [0.25, 0.3) is 0 Å². The molecule has 0 heterocycles. The Balaban J connectivity index is 3.37. The Bertz CT molecular complexity index is 177. The third-order valence-electron chi connectivity index (χ3n) is 1.14. The van der Waals surface area contributed by atoms with Crippen LogP contribution in [0.2, 0.25) is 0 Å². The first-order chi connectivity index (χ1) is 6.81. The van der Waals surface area contributed by atoms with Crippen molar-refractivity contribution in [3.8, 4) is 0 Å². The molecule has 0 radical (unpaired) electrons. The van der Waals surface area contributed by atoms with Gasteiger partial charge in [-0.05, 0) is 12.2 Å². The molecule has 0 amide bonds. The van der Waals surface area contributed by atoms with Crippen molar-refractivity contribution >= 4 is 6.16 Å². The molecule has 0 saturated heterocycles. The number of ether oxygens (including phenoxy) is 2. The van der Waals surface area contributed by atoms with Gasteiger partial charge in [0.25, 0.3) is 0 Å². The largest absolute Gasteiger partial charge is 0.508 e. The monoisotopic (exact) mass is 202 g/mol. The summed E-state index contributed by atoms with van der Waals surface area (Å²) in [5, 5.41) is 16.7. The van der Waals surface area contributed by atoms with Crippen molar-refractivity contribution in [2.24, 2.45) is 0 Å². The van der Waals surface area contributed by atoms with Gasteiger partial charge in [-0.25, -0.2) is 4.79 Å². The van der Waals surface area contributed by atoms with Crippen molar-refractivity contribution in [3.05, 3.63) is 24.3 Å². The van der Waals surface area contributed by atoms with Crippen molar-refractivity contribution in [2.75, 3.05) is 26.4 Å². The van der Waals surface area contributed by atoms with Crippen molar-refractivity contribution in [2.45, 2.75) is 0 Å². The van der Waals surface area contributed by atoms with E-state index in [0.717, 1.165) is 0 Å². The molecule has 0 saturated carbocycles. The van der Waals surface area contributed by atoms with Crippen LogP contribution in [0.1, 0.15) is 0 Å². The smallest absolute Gasteiger partial charge is 0.430 e. The van der Waals surface area contributed by atoms with E-state index in [9.17, 15) is 4.79 Å². The average molecular weight is 202 g/mol. The lowest BCUT2D eigenvalue weighted by Gasteiger charge is -2.00. The first kappa shape index (κ1) is 12.7. The maximum Gasteiger partial charge on any atom is 0.508 e. The second-order valence-corrected chi connectivity index (χ2v) is 2.18. The summed E-state index contributed by atoms with van der Waals surface area (Å²) in [5.74, 6) is 0. The van der Waals surface area contributed by atoms with E-state index in [1.807, 2.05) is 0 Å². The fraction of sp³-hybridized carbons (Fsp3) is 0.444. The van der Waals surface area contributed by atoms with Crippen LogP contribution in [-0.4, -0.2) is 42.8 Å². The minimum Gasteiger partial charge on any atom is -0.430 e. The molecule has 0 rings (SSSR count). The Hall–Kier alpha value is -1.33. The highest BCUT2D eigenvalue weighted by Gasteiger charge is 1.98. The van der Waals surface area contributed by atoms with E-state index in [0.29, 0.717) is 0 Å². The number of carbonyl (C=O) groups is 1. The predicted molar refractivity (Wildman–Crippen MR) is 49.8 cm³/mol. The molecule has 0 aromatic carbocycles. The summed E-state index contributed by atoms with van der Waals surface area (Å²) in [4.78, 5) is 10.7. The molecule has 0 spiro atoms. The van der Waals surface area contributed by atoms with Crippen LogP contribution in [0, 0.1) is 0 Å². The highest BCUT2D eigenvalue weighted by atomic mass is 16.7. The van der Waals surface area contributed by atoms with Gasteiger partial charge in [0.15, 0.2) is 0 Å². The highest BCUT2D eigenvalue weighted by molar-refractivity contribution is 5.60. The van der Waals surface area contributed by atoms with Crippen LogP contribution >= 0.6 is 0 Å². The molecule has 5 heteroatoms. The zero-order chi connectivity index (χ0) is 10.6. The molecular weight excluding hydrogens is 188 g/mol. The Kier molecular flexibility index (Phi) is 8.83. The Morgan fingerprint density at radius 2 is 1.36 bits per heavy atom. The van der Waals surface area contributed by atoms with Crippen LogP contribution in [0.5, 0.6) is 0 Å². The maximum absolute atomic E-state index is 10.7. The van der Waals surface area contributed by atoms with E-state index in [-0.39, 0.29) is 26.4 Å². The number of aliphatic hydroxyl groups excluding tert-OH is 2. The van der Waals surface area contributed by atoms with Crippen molar-refractivity contribution in [1.82, 2.24) is 0 Å². The minimum atomic E-state index is -0.782. The van der Waals surface area contributed by atoms with E-state index >= 15 is 0 Å². The molecule has 0 unspecified atom stereocenters. The van der Waals surface area contributed by atoms with Gasteiger partial charge >= 0.3 is 6.16 Å². The van der Waals surface area contributed by atoms with E-state index in [1.165, 1.54) is 24.3 Å². The van der Waals surface area contributed by atoms with E-state index in [4.69, 9.17) is 10.2 Å². The zero-order valence-corrected chi connectivity index (χ0v) is 7.76. The van der Waals surface area contributed by atoms with Crippen LogP contribution in [0.15, 0.2) is 24.3 Å². The summed E-state index contributed by atoms with van der Waals surface area (Å²) in [6, 6.07) is 0. The summed E-state index contributed by atoms with van der Waals surface area (Å²) in [5.41, 5.74) is 0. The van der Waals surface area contributed by atoms with Crippen LogP contribution < -0.4 is 0 Å². The fourth-order valence-corrected chi connectivity index (χ4v) is 0.559. The quantitative estimate of drug-likeness (QED) is 0.476. The molecule has 2 N–H and O–H groups in total. The Labute approximate surface area is 82.3 Å². The highest BCUT2D eigenvalue weighted by Crippen LogP contribution is 1.87. The zero-order valence-electron chi connectivity index (χ0n) is 7.76. The lowest BCUT2D eigenvalue weighted by molar-refractivity contribution is 0.0715. The van der Waals surface area contributed by atoms with Gasteiger partial charge in [0, 0.05) is 0 Å².